The maximum atomic E-state index is 12.9. The fraction of sp³-hybridized carbons (Fsp3) is 0.562. The third kappa shape index (κ3) is 3.98. The molecule has 0 aromatic heterocycles. The SMILES string of the molecule is CCCNC1(C(=O)OC)CCC(Sc2ccc(F)cc2)C1. The zero-order chi connectivity index (χ0) is 15.3. The molecule has 1 fully saturated rings. The molecule has 1 aromatic rings. The molecule has 0 bridgehead atoms. The Labute approximate surface area is 129 Å². The summed E-state index contributed by atoms with van der Waals surface area (Å²) < 4.78 is 17.9. The summed E-state index contributed by atoms with van der Waals surface area (Å²) in [5, 5.41) is 3.72. The van der Waals surface area contributed by atoms with Crippen molar-refractivity contribution in [2.24, 2.45) is 0 Å². The maximum absolute atomic E-state index is 12.9. The Hall–Kier alpha value is -1.07. The summed E-state index contributed by atoms with van der Waals surface area (Å²) in [6.45, 7) is 2.89. The lowest BCUT2D eigenvalue weighted by Gasteiger charge is -2.27. The molecule has 2 unspecified atom stereocenters. The summed E-state index contributed by atoms with van der Waals surface area (Å²) in [5.74, 6) is -0.391. The number of carbonyl (C=O) groups excluding carboxylic acids is 1. The van der Waals surface area contributed by atoms with E-state index in [2.05, 4.69) is 12.2 Å². The van der Waals surface area contributed by atoms with Gasteiger partial charge in [-0.1, -0.05) is 6.92 Å². The monoisotopic (exact) mass is 311 g/mol. The summed E-state index contributed by atoms with van der Waals surface area (Å²) in [5.41, 5.74) is -0.553. The van der Waals surface area contributed by atoms with Crippen molar-refractivity contribution in [3.63, 3.8) is 0 Å². The molecule has 0 spiro atoms. The first-order valence-electron chi connectivity index (χ1n) is 7.35. The predicted molar refractivity (Wildman–Crippen MR) is 82.9 cm³/mol. The summed E-state index contributed by atoms with van der Waals surface area (Å²) in [4.78, 5) is 13.2. The van der Waals surface area contributed by atoms with Crippen LogP contribution in [-0.2, 0) is 9.53 Å². The van der Waals surface area contributed by atoms with Gasteiger partial charge in [-0.2, -0.15) is 0 Å². The van der Waals surface area contributed by atoms with Crippen LogP contribution >= 0.6 is 11.8 Å². The molecule has 0 radical (unpaired) electrons. The third-order valence-electron chi connectivity index (χ3n) is 3.88. The molecule has 1 aliphatic rings. The zero-order valence-electron chi connectivity index (χ0n) is 12.5. The van der Waals surface area contributed by atoms with E-state index in [4.69, 9.17) is 4.74 Å². The number of thioether (sulfide) groups is 1. The van der Waals surface area contributed by atoms with E-state index in [1.165, 1.54) is 19.2 Å². The number of hydrogen-bond donors (Lipinski definition) is 1. The topological polar surface area (TPSA) is 38.3 Å². The lowest BCUT2D eigenvalue weighted by Crippen LogP contribution is -2.51. The molecule has 21 heavy (non-hydrogen) atoms. The number of benzene rings is 1. The van der Waals surface area contributed by atoms with Crippen LogP contribution in [0.3, 0.4) is 0 Å². The number of nitrogens with one attached hydrogen (secondary N) is 1. The highest BCUT2D eigenvalue weighted by Crippen LogP contribution is 2.40. The minimum absolute atomic E-state index is 0.168. The van der Waals surface area contributed by atoms with Crippen molar-refractivity contribution in [3.8, 4) is 0 Å². The van der Waals surface area contributed by atoms with Gasteiger partial charge >= 0.3 is 5.97 Å². The Morgan fingerprint density at radius 3 is 2.81 bits per heavy atom. The molecule has 0 amide bonds. The molecule has 1 N–H and O–H groups in total. The van der Waals surface area contributed by atoms with E-state index >= 15 is 0 Å². The highest BCUT2D eigenvalue weighted by Gasteiger charge is 2.46. The minimum atomic E-state index is -0.553. The Balaban J connectivity index is 2.01. The van der Waals surface area contributed by atoms with Gasteiger partial charge in [0.15, 0.2) is 0 Å². The normalized spacial score (nSPS) is 25.0. The summed E-state index contributed by atoms with van der Waals surface area (Å²) in [6.07, 6.45) is 3.47. The number of carbonyl (C=O) groups is 1. The highest BCUT2D eigenvalue weighted by atomic mass is 32.2. The molecule has 1 saturated carbocycles. The van der Waals surface area contributed by atoms with Crippen molar-refractivity contribution in [2.45, 2.75) is 48.3 Å². The Kier molecular flexibility index (Phi) is 5.65. The Bertz CT molecular complexity index is 480. The molecule has 0 aliphatic heterocycles. The minimum Gasteiger partial charge on any atom is -0.468 e. The molecular formula is C16H22FNO2S. The smallest absolute Gasteiger partial charge is 0.326 e. The van der Waals surface area contributed by atoms with Gasteiger partial charge in [-0.3, -0.25) is 4.79 Å². The number of ether oxygens (including phenoxy) is 1. The van der Waals surface area contributed by atoms with Crippen molar-refractivity contribution >= 4 is 17.7 Å². The molecule has 5 heteroatoms. The summed E-state index contributed by atoms with van der Waals surface area (Å²) in [6, 6.07) is 6.52. The van der Waals surface area contributed by atoms with Crippen LogP contribution in [0.4, 0.5) is 4.39 Å². The molecule has 1 aromatic carbocycles. The lowest BCUT2D eigenvalue weighted by molar-refractivity contribution is -0.148. The van der Waals surface area contributed by atoms with Crippen LogP contribution in [0.1, 0.15) is 32.6 Å². The van der Waals surface area contributed by atoms with Gasteiger partial charge in [0.05, 0.1) is 7.11 Å². The van der Waals surface area contributed by atoms with Gasteiger partial charge in [-0.25, -0.2) is 4.39 Å². The first kappa shape index (κ1) is 16.3. The molecule has 1 aliphatic carbocycles. The lowest BCUT2D eigenvalue weighted by atomic mass is 9.97. The van der Waals surface area contributed by atoms with E-state index in [9.17, 15) is 9.18 Å². The highest BCUT2D eigenvalue weighted by molar-refractivity contribution is 8.00. The van der Waals surface area contributed by atoms with Gasteiger partial charge in [0.1, 0.15) is 11.4 Å². The molecule has 2 rings (SSSR count). The van der Waals surface area contributed by atoms with Crippen molar-refractivity contribution in [2.75, 3.05) is 13.7 Å². The van der Waals surface area contributed by atoms with Crippen LogP contribution in [0, 0.1) is 5.82 Å². The standard InChI is InChI=1S/C16H22FNO2S/c1-3-10-18-16(15(19)20-2)9-8-14(11-16)21-13-6-4-12(17)5-7-13/h4-7,14,18H,3,8-11H2,1-2H3. The van der Waals surface area contributed by atoms with Crippen molar-refractivity contribution in [1.82, 2.24) is 5.32 Å². The van der Waals surface area contributed by atoms with Gasteiger partial charge in [0, 0.05) is 10.1 Å². The summed E-state index contributed by atoms with van der Waals surface area (Å²) >= 11 is 1.71. The third-order valence-corrected chi connectivity index (χ3v) is 5.16. The van der Waals surface area contributed by atoms with Gasteiger partial charge in [0.2, 0.25) is 0 Å². The van der Waals surface area contributed by atoms with E-state index in [1.807, 2.05) is 0 Å². The fourth-order valence-electron chi connectivity index (χ4n) is 2.78. The quantitative estimate of drug-likeness (QED) is 0.817. The summed E-state index contributed by atoms with van der Waals surface area (Å²) in [7, 11) is 1.44. The van der Waals surface area contributed by atoms with Crippen LogP contribution in [-0.4, -0.2) is 30.4 Å². The first-order chi connectivity index (χ1) is 10.1. The largest absolute Gasteiger partial charge is 0.468 e. The Morgan fingerprint density at radius 1 is 1.48 bits per heavy atom. The molecule has 0 saturated heterocycles. The van der Waals surface area contributed by atoms with Gasteiger partial charge in [-0.05, 0) is 56.5 Å². The van der Waals surface area contributed by atoms with Gasteiger partial charge < -0.3 is 10.1 Å². The zero-order valence-corrected chi connectivity index (χ0v) is 13.3. The first-order valence-corrected chi connectivity index (χ1v) is 8.23. The van der Waals surface area contributed by atoms with Crippen molar-refractivity contribution in [3.05, 3.63) is 30.1 Å². The second kappa shape index (κ2) is 7.27. The average Bonchev–Trinajstić information content (AvgIpc) is 2.91. The molecule has 0 heterocycles. The number of hydrogen-bond acceptors (Lipinski definition) is 4. The molecule has 116 valence electrons. The molecular weight excluding hydrogens is 289 g/mol. The number of rotatable bonds is 6. The Morgan fingerprint density at radius 2 is 2.19 bits per heavy atom. The number of esters is 1. The van der Waals surface area contributed by atoms with Crippen LogP contribution in [0.5, 0.6) is 0 Å². The number of methoxy groups -OCH3 is 1. The second-order valence-corrected chi connectivity index (χ2v) is 6.81. The van der Waals surface area contributed by atoms with Crippen LogP contribution in [0.2, 0.25) is 0 Å². The van der Waals surface area contributed by atoms with E-state index in [1.54, 1.807) is 23.9 Å². The van der Waals surface area contributed by atoms with E-state index in [0.717, 1.165) is 37.1 Å². The maximum Gasteiger partial charge on any atom is 0.326 e. The predicted octanol–water partition coefficient (Wildman–Crippen LogP) is 3.38. The van der Waals surface area contributed by atoms with E-state index in [0.29, 0.717) is 5.25 Å². The van der Waals surface area contributed by atoms with E-state index in [-0.39, 0.29) is 11.8 Å². The van der Waals surface area contributed by atoms with E-state index < -0.39 is 5.54 Å². The van der Waals surface area contributed by atoms with Crippen molar-refractivity contribution in [1.29, 1.82) is 0 Å². The van der Waals surface area contributed by atoms with Crippen LogP contribution < -0.4 is 5.32 Å². The van der Waals surface area contributed by atoms with Crippen molar-refractivity contribution < 1.29 is 13.9 Å². The van der Waals surface area contributed by atoms with Gasteiger partial charge in [-0.15, -0.1) is 11.8 Å². The molecule has 2 atom stereocenters. The average molecular weight is 311 g/mol. The fourth-order valence-corrected chi connectivity index (χ4v) is 4.07. The second-order valence-electron chi connectivity index (χ2n) is 5.44. The van der Waals surface area contributed by atoms with Gasteiger partial charge in [0.25, 0.3) is 0 Å². The van der Waals surface area contributed by atoms with Crippen LogP contribution in [0.15, 0.2) is 29.2 Å². The molecule has 3 nitrogen and oxygen atoms in total. The van der Waals surface area contributed by atoms with Crippen LogP contribution in [0.25, 0.3) is 0 Å². The number of halogens is 1.